The Morgan fingerprint density at radius 2 is 1.38 bits per heavy atom. The summed E-state index contributed by atoms with van der Waals surface area (Å²) >= 11 is 0. The van der Waals surface area contributed by atoms with Gasteiger partial charge in [0.25, 0.3) is 0 Å². The third-order valence-corrected chi connectivity index (χ3v) is 1.83. The molecule has 0 aliphatic heterocycles. The fourth-order valence-corrected chi connectivity index (χ4v) is 0.912. The first-order valence-electron chi connectivity index (χ1n) is 4.34. The van der Waals surface area contributed by atoms with Crippen LogP contribution in [0.15, 0.2) is 0 Å². The Kier molecular flexibility index (Phi) is 6.98. The molecule has 0 spiro atoms. The smallest absolute Gasteiger partial charge is 0.402 e. The van der Waals surface area contributed by atoms with E-state index in [1.165, 1.54) is 0 Å². The Bertz CT molecular complexity index is 191. The zero-order valence-electron chi connectivity index (χ0n) is 8.16. The summed E-state index contributed by atoms with van der Waals surface area (Å²) in [7, 11) is -2.38. The second kappa shape index (κ2) is 7.11. The van der Waals surface area contributed by atoms with Crippen molar-refractivity contribution in [2.75, 3.05) is 6.61 Å². The summed E-state index contributed by atoms with van der Waals surface area (Å²) in [6, 6.07) is 0. The highest BCUT2D eigenvalue weighted by Crippen LogP contribution is 2.09. The number of hydrogen-bond donors (Lipinski definition) is 8. The van der Waals surface area contributed by atoms with Gasteiger partial charge >= 0.3 is 7.32 Å². The molecule has 0 aromatic rings. The van der Waals surface area contributed by atoms with Crippen LogP contribution in [0.25, 0.3) is 0 Å². The minimum atomic E-state index is -2.38. The van der Waals surface area contributed by atoms with Crippen LogP contribution in [0.3, 0.4) is 0 Å². The lowest BCUT2D eigenvalue weighted by atomic mass is 10.0. The van der Waals surface area contributed by atoms with Crippen molar-refractivity contribution in [1.29, 1.82) is 0 Å². The van der Waals surface area contributed by atoms with Crippen LogP contribution in [0.2, 0.25) is 0 Å². The van der Waals surface area contributed by atoms with Gasteiger partial charge in [0, 0.05) is 0 Å². The van der Waals surface area contributed by atoms with Gasteiger partial charge in [-0.25, -0.2) is 0 Å². The third-order valence-electron chi connectivity index (χ3n) is 1.83. The molecule has 0 aromatic carbocycles. The monoisotopic (exact) mass is 242 g/mol. The summed E-state index contributed by atoms with van der Waals surface area (Å²) in [5.41, 5.74) is 0. The average molecular weight is 242 g/mol. The van der Waals surface area contributed by atoms with E-state index in [9.17, 15) is 5.11 Å². The maximum atomic E-state index is 9.20. The SMILES string of the molecule is OC[C@@H](O)[C@@H](O)[C@H](O)[C@@H](O)C(O)OB(O)O. The first-order valence-corrected chi connectivity index (χ1v) is 4.34. The molecule has 10 heteroatoms. The van der Waals surface area contributed by atoms with Gasteiger partial charge in [0.2, 0.25) is 0 Å². The van der Waals surface area contributed by atoms with Gasteiger partial charge < -0.3 is 45.3 Å². The second-order valence-electron chi connectivity index (χ2n) is 3.07. The first-order chi connectivity index (χ1) is 7.31. The number of aliphatic hydroxyl groups excluding tert-OH is 6. The van der Waals surface area contributed by atoms with Gasteiger partial charge in [-0.2, -0.15) is 0 Å². The third kappa shape index (κ3) is 4.70. The van der Waals surface area contributed by atoms with E-state index in [4.69, 9.17) is 35.6 Å². The van der Waals surface area contributed by atoms with Crippen LogP contribution in [0.5, 0.6) is 0 Å². The molecule has 0 saturated carbocycles. The Labute approximate surface area is 91.0 Å². The van der Waals surface area contributed by atoms with Crippen molar-refractivity contribution in [2.45, 2.75) is 30.7 Å². The van der Waals surface area contributed by atoms with Crippen molar-refractivity contribution in [3.63, 3.8) is 0 Å². The average Bonchev–Trinajstić information content (AvgIpc) is 2.23. The standard InChI is InChI=1S/C6H15BO9/c8-1-2(9)3(10)4(11)5(12)6(13)16-7(14)15/h2-6,8-15H,1H2/t2-,3-,4+,5-,6?/m1/s1. The van der Waals surface area contributed by atoms with Crippen LogP contribution in [-0.2, 0) is 4.65 Å². The molecule has 0 saturated heterocycles. The first kappa shape index (κ1) is 15.7. The van der Waals surface area contributed by atoms with Gasteiger partial charge in [0.05, 0.1) is 6.61 Å². The van der Waals surface area contributed by atoms with Gasteiger partial charge in [-0.05, 0) is 0 Å². The molecule has 5 atom stereocenters. The van der Waals surface area contributed by atoms with E-state index in [1.807, 2.05) is 0 Å². The summed E-state index contributed by atoms with van der Waals surface area (Å²) < 4.78 is 3.90. The summed E-state index contributed by atoms with van der Waals surface area (Å²) in [4.78, 5) is 0. The Balaban J connectivity index is 4.30. The maximum Gasteiger partial charge on any atom is 0.635 e. The topological polar surface area (TPSA) is 171 Å². The number of rotatable bonds is 7. The molecule has 0 aliphatic rings. The van der Waals surface area contributed by atoms with E-state index in [0.717, 1.165) is 0 Å². The minimum absolute atomic E-state index is 0.871. The molecule has 0 bridgehead atoms. The molecule has 8 N–H and O–H groups in total. The van der Waals surface area contributed by atoms with Gasteiger partial charge in [0.15, 0.2) is 6.29 Å². The fraction of sp³-hybridized carbons (Fsp3) is 1.00. The van der Waals surface area contributed by atoms with E-state index in [0.29, 0.717) is 0 Å². The predicted molar refractivity (Wildman–Crippen MR) is 48.4 cm³/mol. The van der Waals surface area contributed by atoms with E-state index in [1.54, 1.807) is 0 Å². The minimum Gasteiger partial charge on any atom is -0.402 e. The molecule has 0 aromatic heterocycles. The maximum absolute atomic E-state index is 9.20. The van der Waals surface area contributed by atoms with Crippen LogP contribution in [0, 0.1) is 0 Å². The van der Waals surface area contributed by atoms with E-state index in [-0.39, 0.29) is 0 Å². The van der Waals surface area contributed by atoms with Crippen LogP contribution in [0.4, 0.5) is 0 Å². The van der Waals surface area contributed by atoms with Crippen LogP contribution >= 0.6 is 0 Å². The van der Waals surface area contributed by atoms with Crippen LogP contribution in [-0.4, -0.2) is 85.3 Å². The molecule has 9 nitrogen and oxygen atoms in total. The summed E-state index contributed by atoms with van der Waals surface area (Å²) in [6.07, 6.45) is -9.99. The van der Waals surface area contributed by atoms with Crippen molar-refractivity contribution in [3.05, 3.63) is 0 Å². The van der Waals surface area contributed by atoms with E-state index in [2.05, 4.69) is 4.65 Å². The molecule has 0 radical (unpaired) electrons. The molecule has 0 rings (SSSR count). The highest BCUT2D eigenvalue weighted by molar-refractivity contribution is 6.32. The van der Waals surface area contributed by atoms with Gasteiger partial charge in [0.1, 0.15) is 24.4 Å². The van der Waals surface area contributed by atoms with Gasteiger partial charge in [-0.15, -0.1) is 0 Å². The molecule has 96 valence electrons. The van der Waals surface area contributed by atoms with Crippen molar-refractivity contribution >= 4 is 7.32 Å². The quantitative estimate of drug-likeness (QED) is 0.160. The summed E-state index contributed by atoms with van der Waals surface area (Å²) in [5, 5.41) is 70.3. The molecular formula is C6H15BO9. The van der Waals surface area contributed by atoms with Crippen molar-refractivity contribution in [1.82, 2.24) is 0 Å². The van der Waals surface area contributed by atoms with Gasteiger partial charge in [-0.1, -0.05) is 0 Å². The lowest BCUT2D eigenvalue weighted by molar-refractivity contribution is -0.189. The zero-order chi connectivity index (χ0) is 12.9. The predicted octanol–water partition coefficient (Wildman–Crippen LogP) is -5.27. The Hall–Kier alpha value is -0.295. The van der Waals surface area contributed by atoms with Crippen LogP contribution < -0.4 is 0 Å². The largest absolute Gasteiger partial charge is 0.635 e. The lowest BCUT2D eigenvalue weighted by Crippen LogP contribution is -2.51. The number of hydrogen-bond acceptors (Lipinski definition) is 9. The van der Waals surface area contributed by atoms with Crippen molar-refractivity contribution in [3.8, 4) is 0 Å². The molecule has 16 heavy (non-hydrogen) atoms. The highest BCUT2D eigenvalue weighted by atomic mass is 16.7. The molecule has 0 heterocycles. The van der Waals surface area contributed by atoms with E-state index >= 15 is 0 Å². The van der Waals surface area contributed by atoms with Crippen molar-refractivity contribution < 1.29 is 45.3 Å². The lowest BCUT2D eigenvalue weighted by Gasteiger charge is -2.28. The molecular weight excluding hydrogens is 227 g/mol. The van der Waals surface area contributed by atoms with Gasteiger partial charge in [-0.3, -0.25) is 0 Å². The molecule has 1 unspecified atom stereocenters. The summed E-state index contributed by atoms with van der Waals surface area (Å²) in [6.45, 7) is -0.871. The Morgan fingerprint density at radius 1 is 0.875 bits per heavy atom. The Morgan fingerprint density at radius 3 is 1.75 bits per heavy atom. The normalized spacial score (nSPS) is 21.0. The molecule has 0 aliphatic carbocycles. The van der Waals surface area contributed by atoms with E-state index < -0.39 is 44.6 Å². The highest BCUT2D eigenvalue weighted by Gasteiger charge is 2.35. The van der Waals surface area contributed by atoms with Crippen LogP contribution in [0.1, 0.15) is 0 Å². The molecule has 0 amide bonds. The second-order valence-corrected chi connectivity index (χ2v) is 3.07. The van der Waals surface area contributed by atoms with Crippen molar-refractivity contribution in [2.24, 2.45) is 0 Å². The number of aliphatic hydroxyl groups is 6. The fourth-order valence-electron chi connectivity index (χ4n) is 0.912. The zero-order valence-corrected chi connectivity index (χ0v) is 8.16. The summed E-state index contributed by atoms with van der Waals surface area (Å²) in [5.74, 6) is 0. The molecule has 0 fully saturated rings.